The zero-order valence-electron chi connectivity index (χ0n) is 25.9. The Bertz CT molecular complexity index is 1980. The van der Waals surface area contributed by atoms with Crippen LogP contribution < -0.4 is 9.80 Å². The van der Waals surface area contributed by atoms with Crippen LogP contribution in [0.4, 0.5) is 29.7 Å². The van der Waals surface area contributed by atoms with Crippen molar-refractivity contribution in [1.82, 2.24) is 19.8 Å². The second-order valence-electron chi connectivity index (χ2n) is 13.5. The molecule has 1 aliphatic carbocycles. The van der Waals surface area contributed by atoms with Crippen LogP contribution in [0.2, 0.25) is 0 Å². The lowest BCUT2D eigenvalue weighted by atomic mass is 9.72. The summed E-state index contributed by atoms with van der Waals surface area (Å²) < 4.78 is 44.8. The molecule has 2 unspecified atom stereocenters. The Morgan fingerprint density at radius 2 is 1.87 bits per heavy atom. The lowest BCUT2D eigenvalue weighted by Gasteiger charge is -2.61. The van der Waals surface area contributed by atoms with Crippen LogP contribution in [0.15, 0.2) is 36.4 Å². The molecular weight excluding hydrogens is 627 g/mol. The topological polar surface area (TPSA) is 99.8 Å². The van der Waals surface area contributed by atoms with Crippen molar-refractivity contribution in [1.29, 1.82) is 5.26 Å². The highest BCUT2D eigenvalue weighted by Crippen LogP contribution is 2.48. The number of amides is 1. The zero-order chi connectivity index (χ0) is 32.8. The van der Waals surface area contributed by atoms with Crippen molar-refractivity contribution in [3.63, 3.8) is 0 Å². The van der Waals surface area contributed by atoms with E-state index < -0.39 is 29.3 Å². The van der Waals surface area contributed by atoms with E-state index in [1.165, 1.54) is 29.5 Å². The maximum absolute atomic E-state index is 15.9. The number of hydrogen-bond acceptors (Lipinski definition) is 9. The predicted molar refractivity (Wildman–Crippen MR) is 172 cm³/mol. The molecule has 0 saturated carbocycles. The third kappa shape index (κ3) is 4.76. The molecule has 0 bridgehead atoms. The number of thiazole rings is 1. The van der Waals surface area contributed by atoms with Crippen LogP contribution in [-0.2, 0) is 11.2 Å². The van der Waals surface area contributed by atoms with Gasteiger partial charge in [-0.25, -0.2) is 23.1 Å². The molecule has 3 aliphatic heterocycles. The van der Waals surface area contributed by atoms with E-state index in [0.717, 1.165) is 5.56 Å². The molecule has 3 fully saturated rings. The van der Waals surface area contributed by atoms with Gasteiger partial charge in [0.1, 0.15) is 28.0 Å². The van der Waals surface area contributed by atoms with Gasteiger partial charge in [0.2, 0.25) is 5.67 Å². The van der Waals surface area contributed by atoms with E-state index in [1.54, 1.807) is 24.1 Å². The van der Waals surface area contributed by atoms with Gasteiger partial charge in [0.05, 0.1) is 17.5 Å². The number of pyridine rings is 1. The molecule has 1 amide bonds. The van der Waals surface area contributed by atoms with Crippen molar-refractivity contribution in [3.05, 3.63) is 64.2 Å². The fraction of sp³-hybridized carbons (Fsp3) is 0.412. The minimum atomic E-state index is -1.82. The second kappa shape index (κ2) is 10.6. The van der Waals surface area contributed by atoms with E-state index in [9.17, 15) is 19.6 Å². The summed E-state index contributed by atoms with van der Waals surface area (Å²) in [6, 6.07) is 11.3. The first-order valence-corrected chi connectivity index (χ1v) is 16.5. The average Bonchev–Trinajstić information content (AvgIpc) is 3.71. The van der Waals surface area contributed by atoms with Crippen molar-refractivity contribution in [2.45, 2.75) is 31.0 Å². The summed E-state index contributed by atoms with van der Waals surface area (Å²) in [4.78, 5) is 30.0. The number of benzene rings is 2. The number of nitrogens with zero attached hydrogens (tertiary/aromatic N) is 7. The van der Waals surface area contributed by atoms with Crippen LogP contribution >= 0.6 is 11.3 Å². The summed E-state index contributed by atoms with van der Waals surface area (Å²) in [6.07, 6.45) is 0.381. The number of rotatable bonds is 5. The maximum atomic E-state index is 15.9. The van der Waals surface area contributed by atoms with E-state index in [-0.39, 0.29) is 23.9 Å². The molecule has 1 N–H and O–H groups in total. The van der Waals surface area contributed by atoms with Gasteiger partial charge in [-0.05, 0) is 56.3 Å². The number of aliphatic hydroxyl groups excluding tert-OH is 1. The monoisotopic (exact) mass is 659 g/mol. The Hall–Kier alpha value is -4.25. The number of carbonyl (C=O) groups excluding carboxylic acids is 1. The van der Waals surface area contributed by atoms with E-state index in [0.29, 0.717) is 89.3 Å². The highest BCUT2D eigenvalue weighted by Gasteiger charge is 2.57. The van der Waals surface area contributed by atoms with Gasteiger partial charge in [0, 0.05) is 80.4 Å². The van der Waals surface area contributed by atoms with Crippen molar-refractivity contribution in [3.8, 4) is 17.3 Å². The van der Waals surface area contributed by atoms with E-state index in [2.05, 4.69) is 16.0 Å². The lowest BCUT2D eigenvalue weighted by Crippen LogP contribution is -2.74. The highest BCUT2D eigenvalue weighted by molar-refractivity contribution is 7.16. The Morgan fingerprint density at radius 3 is 2.55 bits per heavy atom. The van der Waals surface area contributed by atoms with Gasteiger partial charge in [-0.15, -0.1) is 0 Å². The number of carbonyl (C=O) groups is 1. The van der Waals surface area contributed by atoms with Gasteiger partial charge in [-0.3, -0.25) is 4.79 Å². The molecule has 47 heavy (non-hydrogen) atoms. The molecule has 2 atom stereocenters. The van der Waals surface area contributed by atoms with Gasteiger partial charge in [-0.1, -0.05) is 11.3 Å². The molecule has 2 aromatic carbocycles. The van der Waals surface area contributed by atoms with Crippen LogP contribution in [0.1, 0.15) is 35.1 Å². The first-order valence-electron chi connectivity index (χ1n) is 15.6. The minimum absolute atomic E-state index is 0.121. The smallest absolute Gasteiger partial charge is 0.261 e. The van der Waals surface area contributed by atoms with Crippen LogP contribution in [0.3, 0.4) is 0 Å². The lowest BCUT2D eigenvalue weighted by molar-refractivity contribution is -0.157. The number of likely N-dealkylation sites (tertiary alicyclic amines) is 2. The number of fused-ring (bicyclic) bond motifs is 2. The number of alkyl halides is 1. The molecule has 1 spiro atoms. The van der Waals surface area contributed by atoms with Crippen molar-refractivity contribution >= 4 is 44.7 Å². The zero-order valence-corrected chi connectivity index (χ0v) is 26.8. The standard InChI is InChI=1S/C34H32F3N7O2S/c1-41-10-9-34(37,18-41)31(46)44-16-33(17-44)14-43(15-33)21-11-23-28(24(36)12-21)39-29-22(7-8-25(29)45)30(23)42(2)32-40-27(26(13-38)47-32)19-3-5-20(35)6-4-19/h3-6,11-12,25,45H,7-10,14-18H2,1-2H3. The number of halogens is 3. The first kappa shape index (κ1) is 30.1. The van der Waals surface area contributed by atoms with Crippen LogP contribution in [0, 0.1) is 28.4 Å². The van der Waals surface area contributed by atoms with Gasteiger partial charge in [-0.2, -0.15) is 5.26 Å². The summed E-state index contributed by atoms with van der Waals surface area (Å²) in [6.45, 7) is 2.88. The van der Waals surface area contributed by atoms with Crippen LogP contribution in [0.5, 0.6) is 0 Å². The molecule has 3 saturated heterocycles. The van der Waals surface area contributed by atoms with Gasteiger partial charge in [0.25, 0.3) is 5.91 Å². The quantitative estimate of drug-likeness (QED) is 0.322. The van der Waals surface area contributed by atoms with Crippen molar-refractivity contribution in [2.24, 2.45) is 5.41 Å². The Kier molecular flexibility index (Phi) is 6.81. The average molecular weight is 660 g/mol. The molecule has 242 valence electrons. The second-order valence-corrected chi connectivity index (χ2v) is 14.5. The number of anilines is 3. The first-order chi connectivity index (χ1) is 22.5. The normalized spacial score (nSPS) is 23.1. The van der Waals surface area contributed by atoms with Gasteiger partial charge < -0.3 is 24.7 Å². The fourth-order valence-electron chi connectivity index (χ4n) is 7.75. The van der Waals surface area contributed by atoms with Crippen LogP contribution in [0.25, 0.3) is 22.2 Å². The van der Waals surface area contributed by atoms with Gasteiger partial charge >= 0.3 is 0 Å². The van der Waals surface area contributed by atoms with Crippen molar-refractivity contribution in [2.75, 3.05) is 63.2 Å². The summed E-state index contributed by atoms with van der Waals surface area (Å²) in [5.74, 6) is -1.34. The summed E-state index contributed by atoms with van der Waals surface area (Å²) in [5.41, 5.74) is 1.77. The summed E-state index contributed by atoms with van der Waals surface area (Å²) in [7, 11) is 3.62. The predicted octanol–water partition coefficient (Wildman–Crippen LogP) is 4.95. The van der Waals surface area contributed by atoms with E-state index in [1.807, 2.05) is 22.9 Å². The summed E-state index contributed by atoms with van der Waals surface area (Å²) >= 11 is 1.18. The Balaban J connectivity index is 1.11. The molecule has 0 radical (unpaired) electrons. The number of aromatic nitrogens is 2. The van der Waals surface area contributed by atoms with E-state index in [4.69, 9.17) is 4.98 Å². The van der Waals surface area contributed by atoms with E-state index >= 15 is 8.78 Å². The molecule has 8 rings (SSSR count). The number of hydrogen-bond donors (Lipinski definition) is 1. The summed E-state index contributed by atoms with van der Waals surface area (Å²) in [5, 5.41) is 21.7. The molecule has 2 aromatic heterocycles. The number of nitriles is 1. The maximum Gasteiger partial charge on any atom is 0.261 e. The van der Waals surface area contributed by atoms with Crippen LogP contribution in [-0.4, -0.2) is 89.8 Å². The van der Waals surface area contributed by atoms with Gasteiger partial charge in [0.15, 0.2) is 10.9 Å². The minimum Gasteiger partial charge on any atom is -0.387 e. The molecule has 9 nitrogen and oxygen atoms in total. The Morgan fingerprint density at radius 1 is 1.13 bits per heavy atom. The number of aliphatic hydroxyl groups is 1. The highest BCUT2D eigenvalue weighted by atomic mass is 32.1. The molecule has 4 aliphatic rings. The fourth-order valence-corrected chi connectivity index (χ4v) is 8.60. The SMILES string of the molecule is CN1CCC(F)(C(=O)N2CC3(C2)CN(c2cc(F)c4nc5c(c(N(C)c6nc(-c7ccc(F)cc7)c(C#N)s6)c4c2)CCC5O)C3)C1. The third-order valence-electron chi connectivity index (χ3n) is 10.1. The molecule has 13 heteroatoms. The molecular formula is C34H32F3N7O2S. The largest absolute Gasteiger partial charge is 0.387 e. The molecule has 4 aromatic rings. The van der Waals surface area contributed by atoms with Crippen molar-refractivity contribution < 1.29 is 23.1 Å². The molecule has 5 heterocycles. The Labute approximate surface area is 273 Å². The third-order valence-corrected chi connectivity index (χ3v) is 11.2.